The molecule has 0 aromatic carbocycles. The van der Waals surface area contributed by atoms with E-state index in [0.717, 1.165) is 11.8 Å². The van der Waals surface area contributed by atoms with E-state index < -0.39 is 5.97 Å². The number of carboxylic acid groups (broad SMARTS) is 1. The van der Waals surface area contributed by atoms with Gasteiger partial charge in [-0.2, -0.15) is 0 Å². The Labute approximate surface area is 118 Å². The van der Waals surface area contributed by atoms with Crippen molar-refractivity contribution in [2.45, 2.75) is 6.54 Å². The van der Waals surface area contributed by atoms with Crippen LogP contribution in [0.25, 0.3) is 6.08 Å². The van der Waals surface area contributed by atoms with Crippen molar-refractivity contribution in [2.24, 2.45) is 0 Å². The van der Waals surface area contributed by atoms with E-state index in [1.165, 1.54) is 23.6 Å². The highest BCUT2D eigenvalue weighted by Crippen LogP contribution is 2.08. The largest absolute Gasteiger partial charge is 0.478 e. The van der Waals surface area contributed by atoms with Gasteiger partial charge in [-0.3, -0.25) is 9.78 Å². The molecule has 0 aliphatic heterocycles. The molecule has 6 nitrogen and oxygen atoms in total. The summed E-state index contributed by atoms with van der Waals surface area (Å²) in [6.07, 6.45) is 3.79. The summed E-state index contributed by atoms with van der Waals surface area (Å²) in [5.41, 5.74) is 3.08. The van der Waals surface area contributed by atoms with Gasteiger partial charge >= 0.3 is 5.97 Å². The summed E-state index contributed by atoms with van der Waals surface area (Å²) in [5, 5.41) is 13.1. The van der Waals surface area contributed by atoms with Gasteiger partial charge in [-0.15, -0.1) is 11.3 Å². The number of hydrogen-bond donors (Lipinski definition) is 2. The Morgan fingerprint density at radius 3 is 2.95 bits per heavy atom. The standard InChI is InChI=1S/C13H11N3O3S/c17-11(18)4-3-9-2-1-5-14-12(9)13(19)15-6-10-7-20-8-16-10/h1-5,7-8H,6H2,(H,15,19)(H,17,18)/b4-3+. The predicted octanol–water partition coefficient (Wildman–Crippen LogP) is 1.57. The molecular formula is C13H11N3O3S. The molecule has 0 saturated heterocycles. The van der Waals surface area contributed by atoms with Crippen LogP contribution in [0.2, 0.25) is 0 Å². The van der Waals surface area contributed by atoms with E-state index in [1.807, 2.05) is 5.38 Å². The van der Waals surface area contributed by atoms with Crippen LogP contribution < -0.4 is 5.32 Å². The van der Waals surface area contributed by atoms with E-state index in [-0.39, 0.29) is 11.6 Å². The Balaban J connectivity index is 2.11. The van der Waals surface area contributed by atoms with Crippen LogP contribution in [0.15, 0.2) is 35.3 Å². The van der Waals surface area contributed by atoms with Gasteiger partial charge in [0.05, 0.1) is 17.7 Å². The monoisotopic (exact) mass is 289 g/mol. The summed E-state index contributed by atoms with van der Waals surface area (Å²) in [6, 6.07) is 3.27. The lowest BCUT2D eigenvalue weighted by Gasteiger charge is -2.05. The number of aromatic nitrogens is 2. The van der Waals surface area contributed by atoms with E-state index in [1.54, 1.807) is 17.6 Å². The SMILES string of the molecule is O=C(O)/C=C/c1cccnc1C(=O)NCc1cscn1. The Bertz CT molecular complexity index is 638. The number of thiazole rings is 1. The van der Waals surface area contributed by atoms with Crippen molar-refractivity contribution in [3.63, 3.8) is 0 Å². The fraction of sp³-hybridized carbons (Fsp3) is 0.0769. The number of pyridine rings is 1. The van der Waals surface area contributed by atoms with Crippen LogP contribution in [0.5, 0.6) is 0 Å². The summed E-state index contributed by atoms with van der Waals surface area (Å²) in [7, 11) is 0. The number of carbonyl (C=O) groups is 2. The van der Waals surface area contributed by atoms with E-state index >= 15 is 0 Å². The molecular weight excluding hydrogens is 278 g/mol. The second kappa shape index (κ2) is 6.58. The van der Waals surface area contributed by atoms with Crippen molar-refractivity contribution < 1.29 is 14.7 Å². The zero-order valence-electron chi connectivity index (χ0n) is 10.3. The maximum Gasteiger partial charge on any atom is 0.328 e. The van der Waals surface area contributed by atoms with Crippen molar-refractivity contribution in [2.75, 3.05) is 0 Å². The highest BCUT2D eigenvalue weighted by atomic mass is 32.1. The number of hydrogen-bond acceptors (Lipinski definition) is 5. The summed E-state index contributed by atoms with van der Waals surface area (Å²) in [5.74, 6) is -1.45. The summed E-state index contributed by atoms with van der Waals surface area (Å²) in [6.45, 7) is 0.307. The van der Waals surface area contributed by atoms with E-state index in [4.69, 9.17) is 5.11 Å². The first-order valence-corrected chi connectivity index (χ1v) is 6.62. The van der Waals surface area contributed by atoms with E-state index in [2.05, 4.69) is 15.3 Å². The molecule has 2 heterocycles. The van der Waals surface area contributed by atoms with Gasteiger partial charge in [-0.05, 0) is 12.1 Å². The first-order valence-electron chi connectivity index (χ1n) is 5.68. The molecule has 0 aliphatic rings. The molecule has 0 aliphatic carbocycles. The highest BCUT2D eigenvalue weighted by molar-refractivity contribution is 7.07. The molecule has 0 fully saturated rings. The van der Waals surface area contributed by atoms with Gasteiger partial charge in [0, 0.05) is 23.2 Å². The third-order valence-electron chi connectivity index (χ3n) is 2.37. The Hall–Kier alpha value is -2.54. The molecule has 0 spiro atoms. The zero-order valence-corrected chi connectivity index (χ0v) is 11.1. The number of rotatable bonds is 5. The average molecular weight is 289 g/mol. The summed E-state index contributed by atoms with van der Waals surface area (Å²) < 4.78 is 0. The molecule has 7 heteroatoms. The van der Waals surface area contributed by atoms with Crippen LogP contribution in [0.4, 0.5) is 0 Å². The van der Waals surface area contributed by atoms with Gasteiger partial charge < -0.3 is 10.4 Å². The zero-order chi connectivity index (χ0) is 14.4. The quantitative estimate of drug-likeness (QED) is 0.815. The second-order valence-electron chi connectivity index (χ2n) is 3.78. The first kappa shape index (κ1) is 13.9. The van der Waals surface area contributed by atoms with Gasteiger partial charge in [-0.25, -0.2) is 9.78 Å². The van der Waals surface area contributed by atoms with E-state index in [0.29, 0.717) is 12.1 Å². The molecule has 102 valence electrons. The fourth-order valence-electron chi connectivity index (χ4n) is 1.48. The van der Waals surface area contributed by atoms with Crippen LogP contribution >= 0.6 is 11.3 Å². The number of carbonyl (C=O) groups excluding carboxylic acids is 1. The predicted molar refractivity (Wildman–Crippen MR) is 74.2 cm³/mol. The molecule has 2 aromatic rings. The Morgan fingerprint density at radius 2 is 2.25 bits per heavy atom. The smallest absolute Gasteiger partial charge is 0.328 e. The van der Waals surface area contributed by atoms with Crippen molar-refractivity contribution in [1.29, 1.82) is 0 Å². The van der Waals surface area contributed by atoms with Gasteiger partial charge in [-0.1, -0.05) is 6.07 Å². The van der Waals surface area contributed by atoms with Crippen LogP contribution in [-0.2, 0) is 11.3 Å². The fourth-order valence-corrected chi connectivity index (χ4v) is 2.04. The lowest BCUT2D eigenvalue weighted by atomic mass is 10.1. The molecule has 1 amide bonds. The molecule has 2 rings (SSSR count). The topological polar surface area (TPSA) is 92.2 Å². The van der Waals surface area contributed by atoms with Crippen LogP contribution in [-0.4, -0.2) is 27.0 Å². The number of aliphatic carboxylic acids is 1. The molecule has 0 bridgehead atoms. The van der Waals surface area contributed by atoms with Gasteiger partial charge in [0.1, 0.15) is 5.69 Å². The molecule has 0 radical (unpaired) electrons. The van der Waals surface area contributed by atoms with Crippen molar-refractivity contribution in [3.8, 4) is 0 Å². The first-order chi connectivity index (χ1) is 9.66. The molecule has 2 aromatic heterocycles. The second-order valence-corrected chi connectivity index (χ2v) is 4.49. The molecule has 0 unspecified atom stereocenters. The number of carboxylic acids is 1. The van der Waals surface area contributed by atoms with Crippen molar-refractivity contribution >= 4 is 29.3 Å². The minimum absolute atomic E-state index is 0.181. The maximum atomic E-state index is 12.0. The van der Waals surface area contributed by atoms with Crippen molar-refractivity contribution in [3.05, 3.63) is 52.2 Å². The lowest BCUT2D eigenvalue weighted by Crippen LogP contribution is -2.24. The van der Waals surface area contributed by atoms with Gasteiger partial charge in [0.2, 0.25) is 0 Å². The summed E-state index contributed by atoms with van der Waals surface area (Å²) in [4.78, 5) is 30.6. The number of nitrogens with one attached hydrogen (secondary N) is 1. The third-order valence-corrected chi connectivity index (χ3v) is 3.01. The van der Waals surface area contributed by atoms with Crippen molar-refractivity contribution in [1.82, 2.24) is 15.3 Å². The minimum atomic E-state index is -1.08. The van der Waals surface area contributed by atoms with Gasteiger partial charge in [0.25, 0.3) is 5.91 Å². The van der Waals surface area contributed by atoms with Crippen LogP contribution in [0.3, 0.4) is 0 Å². The molecule has 0 saturated carbocycles. The van der Waals surface area contributed by atoms with E-state index in [9.17, 15) is 9.59 Å². The lowest BCUT2D eigenvalue weighted by molar-refractivity contribution is -0.131. The van der Waals surface area contributed by atoms with Gasteiger partial charge in [0.15, 0.2) is 0 Å². The Morgan fingerprint density at radius 1 is 1.40 bits per heavy atom. The minimum Gasteiger partial charge on any atom is -0.478 e. The summed E-state index contributed by atoms with van der Waals surface area (Å²) >= 11 is 1.45. The number of nitrogens with zero attached hydrogens (tertiary/aromatic N) is 2. The third kappa shape index (κ3) is 3.72. The number of amides is 1. The molecule has 20 heavy (non-hydrogen) atoms. The average Bonchev–Trinajstić information content (AvgIpc) is 2.96. The Kier molecular flexibility index (Phi) is 4.56. The van der Waals surface area contributed by atoms with Crippen LogP contribution in [0, 0.1) is 0 Å². The maximum absolute atomic E-state index is 12.0. The van der Waals surface area contributed by atoms with Crippen LogP contribution in [0.1, 0.15) is 21.7 Å². The normalized spacial score (nSPS) is 10.6. The molecule has 0 atom stereocenters. The molecule has 2 N–H and O–H groups in total. The highest BCUT2D eigenvalue weighted by Gasteiger charge is 2.11.